The van der Waals surface area contributed by atoms with Crippen LogP contribution in [0.4, 0.5) is 13.2 Å². The quantitative estimate of drug-likeness (QED) is 0.708. The third-order valence-electron chi connectivity index (χ3n) is 2.74. The molecule has 0 aromatic heterocycles. The van der Waals surface area contributed by atoms with Crippen LogP contribution in [-0.4, -0.2) is 19.1 Å². The number of hydrogen-bond donors (Lipinski definition) is 1. The molecule has 0 aliphatic heterocycles. The molecule has 2 unspecified atom stereocenters. The molecular weight excluding hydrogens is 195 g/mol. The van der Waals surface area contributed by atoms with Crippen molar-refractivity contribution in [3.05, 3.63) is 0 Å². The van der Waals surface area contributed by atoms with E-state index in [2.05, 4.69) is 5.32 Å². The summed E-state index contributed by atoms with van der Waals surface area (Å²) in [6, 6.07) is 0. The van der Waals surface area contributed by atoms with Crippen LogP contribution < -0.4 is 5.32 Å². The van der Waals surface area contributed by atoms with Gasteiger partial charge >= 0.3 is 6.18 Å². The summed E-state index contributed by atoms with van der Waals surface area (Å²) in [5.41, 5.74) is 0. The molecule has 1 rings (SSSR count). The summed E-state index contributed by atoms with van der Waals surface area (Å²) in [7, 11) is 0. The van der Waals surface area contributed by atoms with Crippen LogP contribution in [0.2, 0.25) is 0 Å². The SMILES string of the molecule is O=CNCC1CCCC(C(F)(F)F)C1. The van der Waals surface area contributed by atoms with Crippen molar-refractivity contribution in [2.24, 2.45) is 11.8 Å². The minimum Gasteiger partial charge on any atom is -0.358 e. The molecule has 2 atom stereocenters. The van der Waals surface area contributed by atoms with E-state index in [0.717, 1.165) is 6.42 Å². The maximum Gasteiger partial charge on any atom is 0.391 e. The van der Waals surface area contributed by atoms with Gasteiger partial charge in [-0.3, -0.25) is 4.79 Å². The molecular formula is C9H14F3NO. The predicted molar refractivity (Wildman–Crippen MR) is 45.6 cm³/mol. The van der Waals surface area contributed by atoms with Gasteiger partial charge in [0.25, 0.3) is 0 Å². The zero-order valence-electron chi connectivity index (χ0n) is 7.81. The Balaban J connectivity index is 2.39. The van der Waals surface area contributed by atoms with Crippen molar-refractivity contribution in [3.8, 4) is 0 Å². The number of carbonyl (C=O) groups is 1. The second kappa shape index (κ2) is 4.66. The Morgan fingerprint density at radius 1 is 1.36 bits per heavy atom. The first-order valence-corrected chi connectivity index (χ1v) is 4.77. The Bertz CT molecular complexity index is 193. The van der Waals surface area contributed by atoms with Crippen molar-refractivity contribution in [3.63, 3.8) is 0 Å². The maximum atomic E-state index is 12.3. The van der Waals surface area contributed by atoms with E-state index in [1.54, 1.807) is 0 Å². The standard InChI is InChI=1S/C9H14F3NO/c10-9(11,12)8-3-1-2-7(4-8)5-13-6-14/h6-8H,1-5H2,(H,13,14). The molecule has 0 heterocycles. The van der Waals surface area contributed by atoms with Crippen LogP contribution in [0.1, 0.15) is 25.7 Å². The van der Waals surface area contributed by atoms with E-state index in [9.17, 15) is 18.0 Å². The Kier molecular flexibility index (Phi) is 3.77. The van der Waals surface area contributed by atoms with Crippen molar-refractivity contribution in [2.75, 3.05) is 6.54 Å². The number of amides is 1. The van der Waals surface area contributed by atoms with Gasteiger partial charge < -0.3 is 5.32 Å². The summed E-state index contributed by atoms with van der Waals surface area (Å²) in [4.78, 5) is 9.99. The highest BCUT2D eigenvalue weighted by molar-refractivity contribution is 5.45. The summed E-state index contributed by atoms with van der Waals surface area (Å²) in [6.07, 6.45) is -1.74. The third kappa shape index (κ3) is 3.20. The van der Waals surface area contributed by atoms with Gasteiger partial charge in [-0.2, -0.15) is 13.2 Å². The molecule has 0 aromatic rings. The Labute approximate surface area is 80.9 Å². The number of carbonyl (C=O) groups excluding carboxylic acids is 1. The minimum atomic E-state index is -4.07. The van der Waals surface area contributed by atoms with Gasteiger partial charge in [0.15, 0.2) is 0 Å². The number of nitrogens with one attached hydrogen (secondary N) is 1. The molecule has 1 aliphatic carbocycles. The van der Waals surface area contributed by atoms with E-state index in [1.165, 1.54) is 0 Å². The number of rotatable bonds is 3. The number of hydrogen-bond acceptors (Lipinski definition) is 1. The van der Waals surface area contributed by atoms with Crippen molar-refractivity contribution < 1.29 is 18.0 Å². The van der Waals surface area contributed by atoms with E-state index in [4.69, 9.17) is 0 Å². The van der Waals surface area contributed by atoms with Gasteiger partial charge in [-0.25, -0.2) is 0 Å². The molecule has 1 aliphatic rings. The van der Waals surface area contributed by atoms with Crippen molar-refractivity contribution in [2.45, 2.75) is 31.9 Å². The fourth-order valence-electron chi connectivity index (χ4n) is 1.99. The summed E-state index contributed by atoms with van der Waals surface area (Å²) < 4.78 is 37.0. The van der Waals surface area contributed by atoms with Gasteiger partial charge in [0, 0.05) is 6.54 Å². The molecule has 14 heavy (non-hydrogen) atoms. The fourth-order valence-corrected chi connectivity index (χ4v) is 1.99. The molecule has 0 aromatic carbocycles. The van der Waals surface area contributed by atoms with E-state index in [0.29, 0.717) is 19.4 Å². The molecule has 1 saturated carbocycles. The zero-order valence-corrected chi connectivity index (χ0v) is 7.81. The lowest BCUT2D eigenvalue weighted by Gasteiger charge is -2.30. The molecule has 0 radical (unpaired) electrons. The van der Waals surface area contributed by atoms with Crippen molar-refractivity contribution in [1.29, 1.82) is 0 Å². The van der Waals surface area contributed by atoms with Crippen LogP contribution in [-0.2, 0) is 4.79 Å². The molecule has 2 nitrogen and oxygen atoms in total. The number of alkyl halides is 3. The van der Waals surface area contributed by atoms with E-state index in [1.807, 2.05) is 0 Å². The molecule has 82 valence electrons. The van der Waals surface area contributed by atoms with Crippen LogP contribution in [0, 0.1) is 11.8 Å². The van der Waals surface area contributed by atoms with Gasteiger partial charge in [0.05, 0.1) is 5.92 Å². The first-order valence-electron chi connectivity index (χ1n) is 4.77. The lowest BCUT2D eigenvalue weighted by atomic mass is 9.81. The topological polar surface area (TPSA) is 29.1 Å². The first-order chi connectivity index (χ1) is 6.54. The normalized spacial score (nSPS) is 28.5. The van der Waals surface area contributed by atoms with E-state index in [-0.39, 0.29) is 18.8 Å². The summed E-state index contributed by atoms with van der Waals surface area (Å²) >= 11 is 0. The summed E-state index contributed by atoms with van der Waals surface area (Å²) in [5.74, 6) is -1.18. The molecule has 1 amide bonds. The molecule has 0 spiro atoms. The summed E-state index contributed by atoms with van der Waals surface area (Å²) in [5, 5.41) is 2.44. The maximum absolute atomic E-state index is 12.3. The summed E-state index contributed by atoms with van der Waals surface area (Å²) in [6.45, 7) is 0.371. The molecule has 0 saturated heterocycles. The average Bonchev–Trinajstić information content (AvgIpc) is 2.14. The predicted octanol–water partition coefficient (Wildman–Crippen LogP) is 2.10. The van der Waals surface area contributed by atoms with E-state index >= 15 is 0 Å². The lowest BCUT2D eigenvalue weighted by molar-refractivity contribution is -0.185. The van der Waals surface area contributed by atoms with Crippen LogP contribution in [0.5, 0.6) is 0 Å². The van der Waals surface area contributed by atoms with Gasteiger partial charge in [0.2, 0.25) is 6.41 Å². The van der Waals surface area contributed by atoms with Gasteiger partial charge in [-0.05, 0) is 25.2 Å². The molecule has 1 fully saturated rings. The molecule has 5 heteroatoms. The van der Waals surface area contributed by atoms with Crippen LogP contribution in [0.15, 0.2) is 0 Å². The number of halogens is 3. The highest BCUT2D eigenvalue weighted by Crippen LogP contribution is 2.39. The third-order valence-corrected chi connectivity index (χ3v) is 2.74. The second-order valence-corrected chi connectivity index (χ2v) is 3.80. The smallest absolute Gasteiger partial charge is 0.358 e. The Hall–Kier alpha value is -0.740. The first kappa shape index (κ1) is 11.3. The van der Waals surface area contributed by atoms with Gasteiger partial charge in [0.1, 0.15) is 0 Å². The Morgan fingerprint density at radius 2 is 2.07 bits per heavy atom. The van der Waals surface area contributed by atoms with Crippen LogP contribution in [0.3, 0.4) is 0 Å². The zero-order chi connectivity index (χ0) is 10.6. The van der Waals surface area contributed by atoms with Crippen molar-refractivity contribution in [1.82, 2.24) is 5.32 Å². The van der Waals surface area contributed by atoms with Crippen LogP contribution in [0.25, 0.3) is 0 Å². The average molecular weight is 209 g/mol. The fraction of sp³-hybridized carbons (Fsp3) is 0.889. The van der Waals surface area contributed by atoms with E-state index < -0.39 is 12.1 Å². The van der Waals surface area contributed by atoms with Gasteiger partial charge in [-0.1, -0.05) is 6.42 Å². The minimum absolute atomic E-state index is 0.0134. The van der Waals surface area contributed by atoms with Crippen molar-refractivity contribution >= 4 is 6.41 Å². The second-order valence-electron chi connectivity index (χ2n) is 3.80. The van der Waals surface area contributed by atoms with Gasteiger partial charge in [-0.15, -0.1) is 0 Å². The highest BCUT2D eigenvalue weighted by atomic mass is 19.4. The lowest BCUT2D eigenvalue weighted by Crippen LogP contribution is -2.32. The molecule has 0 bridgehead atoms. The molecule has 1 N–H and O–H groups in total. The highest BCUT2D eigenvalue weighted by Gasteiger charge is 2.41. The monoisotopic (exact) mass is 209 g/mol. The Morgan fingerprint density at radius 3 is 2.64 bits per heavy atom. The van der Waals surface area contributed by atoms with Crippen LogP contribution >= 0.6 is 0 Å². The largest absolute Gasteiger partial charge is 0.391 e.